The largest absolute Gasteiger partial charge is 0.0683 e. The van der Waals surface area contributed by atoms with E-state index < -0.39 is 0 Å². The molecule has 0 aliphatic carbocycles. The Hall–Kier alpha value is -1.56. The van der Waals surface area contributed by atoms with Gasteiger partial charge in [-0.25, -0.2) is 0 Å². The van der Waals surface area contributed by atoms with Gasteiger partial charge in [-0.3, -0.25) is 0 Å². The summed E-state index contributed by atoms with van der Waals surface area (Å²) in [5.74, 6) is 0. The molecule has 0 aliphatic heterocycles. The summed E-state index contributed by atoms with van der Waals surface area (Å²) in [6.07, 6.45) is 0. The predicted molar refractivity (Wildman–Crippen MR) is 78.4 cm³/mol. The van der Waals surface area contributed by atoms with Gasteiger partial charge in [-0.15, -0.1) is 0 Å². The summed E-state index contributed by atoms with van der Waals surface area (Å²) < 4.78 is 0. The second-order valence-electron chi connectivity index (χ2n) is 3.81. The Balaban J connectivity index is 0.000000265. The predicted octanol–water partition coefficient (Wildman–Crippen LogP) is 5.32. The van der Waals surface area contributed by atoms with E-state index in [-0.39, 0.29) is 0 Å². The van der Waals surface area contributed by atoms with Crippen LogP contribution < -0.4 is 0 Å². The average Bonchev–Trinajstić information content (AvgIpc) is 2.37. The highest BCUT2D eigenvalue weighted by Gasteiger charge is 1.79. The number of rotatable bonds is 0. The topological polar surface area (TPSA) is 0 Å². The summed E-state index contributed by atoms with van der Waals surface area (Å²) >= 11 is 0. The lowest BCUT2D eigenvalue weighted by Crippen LogP contribution is -1.70. The van der Waals surface area contributed by atoms with Crippen LogP contribution in [0.4, 0.5) is 0 Å². The second kappa shape index (κ2) is 9.65. The quantitative estimate of drug-likeness (QED) is 0.572. The van der Waals surface area contributed by atoms with Crippen molar-refractivity contribution in [1.29, 1.82) is 0 Å². The van der Waals surface area contributed by atoms with Crippen molar-refractivity contribution in [1.82, 2.24) is 0 Å². The van der Waals surface area contributed by atoms with Crippen LogP contribution >= 0.6 is 0 Å². The zero-order valence-corrected chi connectivity index (χ0v) is 11.7. The Labute approximate surface area is 106 Å². The van der Waals surface area contributed by atoms with Gasteiger partial charge in [0.2, 0.25) is 0 Å². The summed E-state index contributed by atoms with van der Waals surface area (Å²) in [5, 5.41) is 0. The second-order valence-corrected chi connectivity index (χ2v) is 3.81. The van der Waals surface area contributed by atoms with Crippen molar-refractivity contribution in [3.8, 4) is 0 Å². The maximum atomic E-state index is 2.12. The van der Waals surface area contributed by atoms with Crippen LogP contribution in [0.25, 0.3) is 0 Å². The number of hydrogen-bond donors (Lipinski definition) is 0. The molecule has 92 valence electrons. The fraction of sp³-hybridized carbons (Fsp3) is 0.294. The molecule has 2 aromatic rings. The maximum Gasteiger partial charge on any atom is -0.0398 e. The highest BCUT2D eigenvalue weighted by molar-refractivity contribution is 5.19. The first kappa shape index (κ1) is 15.4. The van der Waals surface area contributed by atoms with Crippen molar-refractivity contribution in [2.24, 2.45) is 0 Å². The molecule has 0 aromatic heterocycles. The minimum Gasteiger partial charge on any atom is -0.0683 e. The monoisotopic (exact) mass is 228 g/mol. The average molecular weight is 228 g/mol. The van der Waals surface area contributed by atoms with E-state index in [1.165, 1.54) is 16.7 Å². The van der Waals surface area contributed by atoms with E-state index in [2.05, 4.69) is 57.2 Å². The smallest absolute Gasteiger partial charge is 0.0398 e. The van der Waals surface area contributed by atoms with E-state index in [4.69, 9.17) is 0 Å². The molecule has 0 unspecified atom stereocenters. The van der Waals surface area contributed by atoms with Gasteiger partial charge in [0.05, 0.1) is 0 Å². The zero-order chi connectivity index (χ0) is 13.1. The van der Waals surface area contributed by atoms with Gasteiger partial charge < -0.3 is 0 Å². The van der Waals surface area contributed by atoms with E-state index >= 15 is 0 Å². The molecule has 0 heterocycles. The Morgan fingerprint density at radius 2 is 0.765 bits per heavy atom. The highest BCUT2D eigenvalue weighted by Crippen LogP contribution is 1.99. The number of aryl methyl sites for hydroxylation is 3. The van der Waals surface area contributed by atoms with E-state index in [1.54, 1.807) is 0 Å². The molecule has 0 fully saturated rings. The third kappa shape index (κ3) is 8.27. The van der Waals surface area contributed by atoms with Crippen LogP contribution in [-0.4, -0.2) is 0 Å². The minimum atomic E-state index is 1.32. The van der Waals surface area contributed by atoms with Crippen molar-refractivity contribution >= 4 is 0 Å². The van der Waals surface area contributed by atoms with Crippen molar-refractivity contribution in [2.45, 2.75) is 34.6 Å². The molecule has 0 amide bonds. The highest BCUT2D eigenvalue weighted by atomic mass is 13.9. The standard InChI is InChI=1S/C8H10.C7H8.C2H6/c1-7-3-5-8(2)6-4-7;1-7-5-3-2-4-6-7;1-2/h3-6H,1-2H3;2-6H,1H3;1-2H3. The van der Waals surface area contributed by atoms with Crippen LogP contribution in [-0.2, 0) is 0 Å². The fourth-order valence-electron chi connectivity index (χ4n) is 1.17. The van der Waals surface area contributed by atoms with Crippen molar-refractivity contribution in [3.05, 3.63) is 71.3 Å². The Bertz CT molecular complexity index is 350. The molecular weight excluding hydrogens is 204 g/mol. The molecule has 2 rings (SSSR count). The molecule has 0 saturated heterocycles. The summed E-state index contributed by atoms with van der Waals surface area (Å²) in [6.45, 7) is 10.3. The van der Waals surface area contributed by atoms with Gasteiger partial charge in [-0.2, -0.15) is 0 Å². The molecule has 0 heteroatoms. The van der Waals surface area contributed by atoms with Crippen LogP contribution in [0, 0.1) is 20.8 Å². The van der Waals surface area contributed by atoms with E-state index in [0.717, 1.165) is 0 Å². The lowest BCUT2D eigenvalue weighted by atomic mass is 10.2. The van der Waals surface area contributed by atoms with Crippen LogP contribution in [0.1, 0.15) is 30.5 Å². The van der Waals surface area contributed by atoms with Crippen LogP contribution in [0.5, 0.6) is 0 Å². The summed E-state index contributed by atoms with van der Waals surface area (Å²) in [5.41, 5.74) is 3.98. The van der Waals surface area contributed by atoms with Crippen LogP contribution in [0.15, 0.2) is 54.6 Å². The molecule has 0 saturated carbocycles. The number of benzene rings is 2. The van der Waals surface area contributed by atoms with Crippen LogP contribution in [0.2, 0.25) is 0 Å². The van der Waals surface area contributed by atoms with Crippen molar-refractivity contribution < 1.29 is 0 Å². The van der Waals surface area contributed by atoms with Crippen molar-refractivity contribution in [2.75, 3.05) is 0 Å². The molecule has 0 aliphatic rings. The maximum absolute atomic E-state index is 2.12. The molecule has 0 radical (unpaired) electrons. The van der Waals surface area contributed by atoms with E-state index in [1.807, 2.05) is 32.0 Å². The third-order valence-corrected chi connectivity index (χ3v) is 2.16. The lowest BCUT2D eigenvalue weighted by molar-refractivity contribution is 1.40. The first-order chi connectivity index (χ1) is 8.18. The van der Waals surface area contributed by atoms with E-state index in [0.29, 0.717) is 0 Å². The molecule has 2 aromatic carbocycles. The van der Waals surface area contributed by atoms with Crippen molar-refractivity contribution in [3.63, 3.8) is 0 Å². The van der Waals surface area contributed by atoms with E-state index in [9.17, 15) is 0 Å². The summed E-state index contributed by atoms with van der Waals surface area (Å²) in [4.78, 5) is 0. The van der Waals surface area contributed by atoms with Crippen LogP contribution in [0.3, 0.4) is 0 Å². The normalized spacial score (nSPS) is 8.29. The fourth-order valence-corrected chi connectivity index (χ4v) is 1.17. The van der Waals surface area contributed by atoms with Gasteiger partial charge >= 0.3 is 0 Å². The molecule has 0 N–H and O–H groups in total. The molecule has 0 bridgehead atoms. The minimum absolute atomic E-state index is 1.32. The van der Waals surface area contributed by atoms with Gasteiger partial charge in [0.1, 0.15) is 0 Å². The zero-order valence-electron chi connectivity index (χ0n) is 11.7. The van der Waals surface area contributed by atoms with Gasteiger partial charge in [-0.05, 0) is 20.8 Å². The van der Waals surface area contributed by atoms with Gasteiger partial charge in [-0.1, -0.05) is 85.1 Å². The number of hydrogen-bond acceptors (Lipinski definition) is 0. The van der Waals surface area contributed by atoms with Gasteiger partial charge in [0, 0.05) is 0 Å². The summed E-state index contributed by atoms with van der Waals surface area (Å²) in [7, 11) is 0. The first-order valence-corrected chi connectivity index (χ1v) is 6.23. The first-order valence-electron chi connectivity index (χ1n) is 6.23. The molecule has 0 spiro atoms. The molecule has 17 heavy (non-hydrogen) atoms. The Kier molecular flexibility index (Phi) is 8.77. The third-order valence-electron chi connectivity index (χ3n) is 2.16. The van der Waals surface area contributed by atoms with Gasteiger partial charge in [0.25, 0.3) is 0 Å². The van der Waals surface area contributed by atoms with Gasteiger partial charge in [0.15, 0.2) is 0 Å². The molecule has 0 nitrogen and oxygen atoms in total. The SMILES string of the molecule is CC.Cc1ccc(C)cc1.Cc1ccccc1. The Morgan fingerprint density at radius 3 is 1.00 bits per heavy atom. The molecular formula is C17H24. The molecule has 0 atom stereocenters. The summed E-state index contributed by atoms with van der Waals surface area (Å²) in [6, 6.07) is 18.7. The lowest BCUT2D eigenvalue weighted by Gasteiger charge is -1.90. The Morgan fingerprint density at radius 1 is 0.471 bits per heavy atom.